The van der Waals surface area contributed by atoms with Crippen LogP contribution in [-0.2, 0) is 17.8 Å². The number of carbonyl (C=O) groups is 1. The smallest absolute Gasteiger partial charge is 0.224 e. The number of aromatic nitrogens is 3. The molecule has 4 rings (SSSR count). The topological polar surface area (TPSA) is 71.8 Å². The number of carbonyl (C=O) groups excluding carboxylic acids is 1. The quantitative estimate of drug-likeness (QED) is 0.847. The highest BCUT2D eigenvalue weighted by Crippen LogP contribution is 2.27. The van der Waals surface area contributed by atoms with E-state index in [9.17, 15) is 9.18 Å². The van der Waals surface area contributed by atoms with Gasteiger partial charge in [-0.2, -0.15) is 0 Å². The summed E-state index contributed by atoms with van der Waals surface area (Å²) >= 11 is 0. The van der Waals surface area contributed by atoms with Crippen LogP contribution in [0.2, 0.25) is 0 Å². The molecule has 1 aromatic heterocycles. The molecule has 3 heterocycles. The molecule has 2 aromatic rings. The number of nitrogens with zero attached hydrogens (tertiary/aromatic N) is 3. The van der Waals surface area contributed by atoms with Gasteiger partial charge in [-0.1, -0.05) is 6.42 Å². The Balaban J connectivity index is 1.48. The summed E-state index contributed by atoms with van der Waals surface area (Å²) in [5, 5.41) is 14.7. The van der Waals surface area contributed by atoms with Gasteiger partial charge in [-0.3, -0.25) is 4.79 Å². The first-order valence-electron chi connectivity index (χ1n) is 9.93. The van der Waals surface area contributed by atoms with E-state index in [2.05, 4.69) is 25.4 Å². The summed E-state index contributed by atoms with van der Waals surface area (Å²) < 4.78 is 16.4. The zero-order valence-corrected chi connectivity index (χ0v) is 15.5. The van der Waals surface area contributed by atoms with Crippen LogP contribution in [0.5, 0.6) is 0 Å². The van der Waals surface area contributed by atoms with Crippen LogP contribution in [0.1, 0.15) is 44.3 Å². The van der Waals surface area contributed by atoms with Gasteiger partial charge in [0.1, 0.15) is 11.6 Å². The van der Waals surface area contributed by atoms with E-state index < -0.39 is 5.82 Å². The maximum atomic E-state index is 14.2. The third kappa shape index (κ3) is 4.18. The van der Waals surface area contributed by atoms with E-state index >= 15 is 0 Å². The number of benzene rings is 1. The second-order valence-electron chi connectivity index (χ2n) is 7.54. The van der Waals surface area contributed by atoms with Crippen LogP contribution in [-0.4, -0.2) is 33.8 Å². The number of anilines is 1. The highest BCUT2D eigenvalue weighted by Gasteiger charge is 2.19. The van der Waals surface area contributed by atoms with Gasteiger partial charge in [0.2, 0.25) is 5.91 Å². The number of fused-ring (bicyclic) bond motifs is 1. The molecule has 1 atom stereocenters. The van der Waals surface area contributed by atoms with Crippen molar-refractivity contribution in [3.05, 3.63) is 29.8 Å². The predicted molar refractivity (Wildman–Crippen MR) is 102 cm³/mol. The first-order valence-corrected chi connectivity index (χ1v) is 9.93. The normalized spacial score (nSPS) is 19.5. The van der Waals surface area contributed by atoms with E-state index in [0.29, 0.717) is 12.3 Å². The summed E-state index contributed by atoms with van der Waals surface area (Å²) in [6.45, 7) is 2.87. The van der Waals surface area contributed by atoms with Crippen molar-refractivity contribution < 1.29 is 9.18 Å². The first-order chi connectivity index (χ1) is 13.2. The predicted octanol–water partition coefficient (Wildman–Crippen LogP) is 3.14. The van der Waals surface area contributed by atoms with Crippen molar-refractivity contribution in [2.75, 3.05) is 18.4 Å². The fourth-order valence-corrected chi connectivity index (χ4v) is 3.97. The van der Waals surface area contributed by atoms with Crippen molar-refractivity contribution in [3.63, 3.8) is 0 Å². The molecule has 0 bridgehead atoms. The third-order valence-electron chi connectivity index (χ3n) is 5.55. The fraction of sp³-hybridized carbons (Fsp3) is 0.550. The van der Waals surface area contributed by atoms with E-state index in [0.717, 1.165) is 69.0 Å². The van der Waals surface area contributed by atoms with Gasteiger partial charge in [0.25, 0.3) is 0 Å². The Hall–Kier alpha value is -2.28. The van der Waals surface area contributed by atoms with Gasteiger partial charge in [0.05, 0.1) is 5.69 Å². The molecular formula is C20H26FN5O. The van der Waals surface area contributed by atoms with Gasteiger partial charge in [-0.25, -0.2) is 4.39 Å². The lowest BCUT2D eigenvalue weighted by Gasteiger charge is -2.11. The number of amides is 1. The lowest BCUT2D eigenvalue weighted by atomic mass is 10.0. The molecule has 0 spiro atoms. The second kappa shape index (κ2) is 8.17. The van der Waals surface area contributed by atoms with Crippen molar-refractivity contribution in [1.82, 2.24) is 20.1 Å². The molecule has 2 aliphatic rings. The van der Waals surface area contributed by atoms with Gasteiger partial charge >= 0.3 is 0 Å². The Kier molecular flexibility index (Phi) is 5.48. The molecule has 7 heteroatoms. The van der Waals surface area contributed by atoms with Gasteiger partial charge in [-0.15, -0.1) is 10.2 Å². The molecule has 0 aliphatic carbocycles. The minimum atomic E-state index is -0.426. The van der Waals surface area contributed by atoms with Gasteiger partial charge in [0, 0.05) is 24.9 Å². The van der Waals surface area contributed by atoms with Crippen molar-refractivity contribution in [3.8, 4) is 11.4 Å². The summed E-state index contributed by atoms with van der Waals surface area (Å²) in [4.78, 5) is 12.3. The molecule has 0 saturated carbocycles. The second-order valence-corrected chi connectivity index (χ2v) is 7.54. The van der Waals surface area contributed by atoms with E-state index in [-0.39, 0.29) is 11.6 Å². The van der Waals surface area contributed by atoms with Crippen molar-refractivity contribution in [2.24, 2.45) is 5.92 Å². The fourth-order valence-electron chi connectivity index (χ4n) is 3.97. The summed E-state index contributed by atoms with van der Waals surface area (Å²) in [7, 11) is 0. The van der Waals surface area contributed by atoms with Crippen LogP contribution in [0.15, 0.2) is 18.2 Å². The molecule has 2 N–H and O–H groups in total. The van der Waals surface area contributed by atoms with Gasteiger partial charge in [-0.05, 0) is 62.9 Å². The SMILES string of the molecule is O=C(CCC1CCNC1)Nc1cc(-c2nnc3n2CCCCC3)ccc1F. The number of nitrogens with one attached hydrogen (secondary N) is 2. The van der Waals surface area contributed by atoms with E-state index in [1.54, 1.807) is 12.1 Å². The maximum absolute atomic E-state index is 14.2. The summed E-state index contributed by atoms with van der Waals surface area (Å²) in [6.07, 6.45) is 6.68. The van der Waals surface area contributed by atoms with E-state index in [1.807, 2.05) is 0 Å². The van der Waals surface area contributed by atoms with Crippen LogP contribution >= 0.6 is 0 Å². The molecule has 27 heavy (non-hydrogen) atoms. The molecule has 2 aliphatic heterocycles. The van der Waals surface area contributed by atoms with Crippen LogP contribution < -0.4 is 10.6 Å². The zero-order valence-electron chi connectivity index (χ0n) is 15.5. The zero-order chi connectivity index (χ0) is 18.6. The number of hydrogen-bond acceptors (Lipinski definition) is 4. The minimum Gasteiger partial charge on any atom is -0.324 e. The summed E-state index contributed by atoms with van der Waals surface area (Å²) in [5.41, 5.74) is 1.00. The Morgan fingerprint density at radius 1 is 1.30 bits per heavy atom. The molecule has 1 amide bonds. The lowest BCUT2D eigenvalue weighted by molar-refractivity contribution is -0.116. The van der Waals surface area contributed by atoms with Crippen LogP contribution in [0.3, 0.4) is 0 Å². The number of aryl methyl sites for hydroxylation is 1. The molecule has 0 radical (unpaired) electrons. The molecule has 1 unspecified atom stereocenters. The molecule has 1 aromatic carbocycles. The number of hydrogen-bond donors (Lipinski definition) is 2. The third-order valence-corrected chi connectivity index (χ3v) is 5.55. The summed E-state index contributed by atoms with van der Waals surface area (Å²) in [5.74, 6) is 1.71. The van der Waals surface area contributed by atoms with Gasteiger partial charge < -0.3 is 15.2 Å². The van der Waals surface area contributed by atoms with Crippen molar-refractivity contribution >= 4 is 11.6 Å². The molecular weight excluding hydrogens is 345 g/mol. The Morgan fingerprint density at radius 2 is 2.22 bits per heavy atom. The van der Waals surface area contributed by atoms with E-state index in [1.165, 1.54) is 12.5 Å². The average molecular weight is 371 g/mol. The maximum Gasteiger partial charge on any atom is 0.224 e. The highest BCUT2D eigenvalue weighted by atomic mass is 19.1. The van der Waals surface area contributed by atoms with Gasteiger partial charge in [0.15, 0.2) is 5.82 Å². The Labute approximate surface area is 158 Å². The Bertz CT molecular complexity index is 813. The van der Waals surface area contributed by atoms with Crippen LogP contribution in [0.25, 0.3) is 11.4 Å². The minimum absolute atomic E-state index is 0.141. The molecule has 1 fully saturated rings. The average Bonchev–Trinajstić information content (AvgIpc) is 3.27. The van der Waals surface area contributed by atoms with Crippen LogP contribution in [0, 0.1) is 11.7 Å². The lowest BCUT2D eigenvalue weighted by Crippen LogP contribution is -2.15. The molecule has 144 valence electrons. The van der Waals surface area contributed by atoms with Crippen molar-refractivity contribution in [1.29, 1.82) is 0 Å². The molecule has 6 nitrogen and oxygen atoms in total. The highest BCUT2D eigenvalue weighted by molar-refractivity contribution is 5.91. The number of halogens is 1. The standard InChI is InChI=1S/C20H26FN5O/c21-16-7-6-15(20-25-24-18-4-2-1-3-11-26(18)20)12-17(16)23-19(27)8-5-14-9-10-22-13-14/h6-7,12,14,22H,1-5,8-11,13H2,(H,23,27). The van der Waals surface area contributed by atoms with E-state index in [4.69, 9.17) is 0 Å². The largest absolute Gasteiger partial charge is 0.324 e. The molecule has 1 saturated heterocycles. The number of rotatable bonds is 5. The Morgan fingerprint density at radius 3 is 3.07 bits per heavy atom. The van der Waals surface area contributed by atoms with Crippen LogP contribution in [0.4, 0.5) is 10.1 Å². The summed E-state index contributed by atoms with van der Waals surface area (Å²) in [6, 6.07) is 4.77. The monoisotopic (exact) mass is 371 g/mol. The first kappa shape index (κ1) is 18.1. The van der Waals surface area contributed by atoms with Crippen molar-refractivity contribution in [2.45, 2.75) is 51.5 Å².